The van der Waals surface area contributed by atoms with Gasteiger partial charge in [0, 0.05) is 23.8 Å². The summed E-state index contributed by atoms with van der Waals surface area (Å²) in [6, 6.07) is 0.651. The molecule has 1 heterocycles. The van der Waals surface area contributed by atoms with Crippen LogP contribution in [0, 0.1) is 12.8 Å². The molecule has 0 aliphatic heterocycles. The standard InChI is InChI=1S/C11H19N3/c1-8(10-4-3-5-10)12-6-11-7-13-14-9(11)2/h7-8,10,12H,3-6H2,1-2H3,(H,13,14). The molecule has 0 radical (unpaired) electrons. The van der Waals surface area contributed by atoms with Crippen LogP contribution in [0.5, 0.6) is 0 Å². The lowest BCUT2D eigenvalue weighted by Crippen LogP contribution is -2.36. The Hall–Kier alpha value is -0.830. The van der Waals surface area contributed by atoms with Crippen molar-refractivity contribution in [3.63, 3.8) is 0 Å². The summed E-state index contributed by atoms with van der Waals surface area (Å²) in [6.07, 6.45) is 6.13. The van der Waals surface area contributed by atoms with E-state index in [0.717, 1.165) is 12.5 Å². The van der Waals surface area contributed by atoms with Crippen molar-refractivity contribution in [3.05, 3.63) is 17.5 Å². The van der Waals surface area contributed by atoms with Gasteiger partial charge in [0.2, 0.25) is 0 Å². The van der Waals surface area contributed by atoms with Crippen molar-refractivity contribution >= 4 is 0 Å². The maximum Gasteiger partial charge on any atom is 0.0535 e. The normalized spacial score (nSPS) is 19.3. The summed E-state index contributed by atoms with van der Waals surface area (Å²) in [7, 11) is 0. The second kappa shape index (κ2) is 4.13. The van der Waals surface area contributed by atoms with E-state index in [1.54, 1.807) is 0 Å². The van der Waals surface area contributed by atoms with E-state index in [4.69, 9.17) is 0 Å². The van der Waals surface area contributed by atoms with Gasteiger partial charge in [-0.05, 0) is 32.6 Å². The predicted octanol–water partition coefficient (Wildman–Crippen LogP) is 2.00. The molecule has 0 amide bonds. The molecule has 1 aromatic heterocycles. The lowest BCUT2D eigenvalue weighted by molar-refractivity contribution is 0.240. The molecule has 1 saturated carbocycles. The first-order valence-corrected chi connectivity index (χ1v) is 5.49. The zero-order chi connectivity index (χ0) is 9.97. The average molecular weight is 193 g/mol. The molecule has 78 valence electrons. The number of aromatic nitrogens is 2. The highest BCUT2D eigenvalue weighted by atomic mass is 15.1. The first kappa shape index (κ1) is 9.71. The minimum Gasteiger partial charge on any atom is -0.310 e. The van der Waals surface area contributed by atoms with Gasteiger partial charge in [-0.3, -0.25) is 5.10 Å². The summed E-state index contributed by atoms with van der Waals surface area (Å²) in [5, 5.41) is 10.5. The number of hydrogen-bond acceptors (Lipinski definition) is 2. The van der Waals surface area contributed by atoms with Crippen LogP contribution in [-0.4, -0.2) is 16.2 Å². The Morgan fingerprint density at radius 2 is 2.43 bits per heavy atom. The van der Waals surface area contributed by atoms with Crippen molar-refractivity contribution in [1.82, 2.24) is 15.5 Å². The highest BCUT2D eigenvalue weighted by Gasteiger charge is 2.23. The second-order valence-electron chi connectivity index (χ2n) is 4.38. The maximum atomic E-state index is 4.01. The topological polar surface area (TPSA) is 40.7 Å². The highest BCUT2D eigenvalue weighted by Crippen LogP contribution is 2.29. The largest absolute Gasteiger partial charge is 0.310 e. The van der Waals surface area contributed by atoms with Crippen LogP contribution in [0.2, 0.25) is 0 Å². The SMILES string of the molecule is Cc1[nH]ncc1CNC(C)C1CCC1. The van der Waals surface area contributed by atoms with Crippen molar-refractivity contribution in [3.8, 4) is 0 Å². The number of aromatic amines is 1. The van der Waals surface area contributed by atoms with Gasteiger partial charge in [0.15, 0.2) is 0 Å². The first-order valence-electron chi connectivity index (χ1n) is 5.49. The van der Waals surface area contributed by atoms with Crippen LogP contribution in [0.25, 0.3) is 0 Å². The number of nitrogens with one attached hydrogen (secondary N) is 2. The zero-order valence-electron chi connectivity index (χ0n) is 9.01. The van der Waals surface area contributed by atoms with Crippen LogP contribution in [-0.2, 0) is 6.54 Å². The molecule has 1 atom stereocenters. The van der Waals surface area contributed by atoms with Gasteiger partial charge < -0.3 is 5.32 Å². The molecule has 1 aliphatic rings. The summed E-state index contributed by atoms with van der Waals surface area (Å²) >= 11 is 0. The minimum absolute atomic E-state index is 0.651. The third-order valence-corrected chi connectivity index (χ3v) is 3.41. The van der Waals surface area contributed by atoms with Crippen molar-refractivity contribution in [2.24, 2.45) is 5.92 Å². The Kier molecular flexibility index (Phi) is 2.87. The van der Waals surface area contributed by atoms with Gasteiger partial charge in [0.05, 0.1) is 6.20 Å². The fraction of sp³-hybridized carbons (Fsp3) is 0.727. The quantitative estimate of drug-likeness (QED) is 0.768. The van der Waals surface area contributed by atoms with Gasteiger partial charge in [-0.25, -0.2) is 0 Å². The Morgan fingerprint density at radius 3 is 2.93 bits per heavy atom. The fourth-order valence-corrected chi connectivity index (χ4v) is 1.93. The molecule has 0 bridgehead atoms. The molecule has 1 unspecified atom stereocenters. The molecule has 3 heteroatoms. The van der Waals surface area contributed by atoms with Crippen LogP contribution in [0.4, 0.5) is 0 Å². The molecular formula is C11H19N3. The smallest absolute Gasteiger partial charge is 0.0535 e. The number of hydrogen-bond donors (Lipinski definition) is 2. The highest BCUT2D eigenvalue weighted by molar-refractivity contribution is 5.13. The molecule has 1 fully saturated rings. The molecule has 0 spiro atoms. The summed E-state index contributed by atoms with van der Waals surface area (Å²) in [5.41, 5.74) is 2.47. The maximum absolute atomic E-state index is 4.01. The van der Waals surface area contributed by atoms with Gasteiger partial charge in [0.1, 0.15) is 0 Å². The van der Waals surface area contributed by atoms with E-state index in [0.29, 0.717) is 6.04 Å². The van der Waals surface area contributed by atoms with Crippen LogP contribution < -0.4 is 5.32 Å². The first-order chi connectivity index (χ1) is 6.77. The second-order valence-corrected chi connectivity index (χ2v) is 4.38. The molecule has 3 nitrogen and oxygen atoms in total. The lowest BCUT2D eigenvalue weighted by Gasteiger charge is -2.32. The van der Waals surface area contributed by atoms with E-state index in [1.807, 2.05) is 6.20 Å². The van der Waals surface area contributed by atoms with Gasteiger partial charge >= 0.3 is 0 Å². The monoisotopic (exact) mass is 193 g/mol. The molecule has 1 aliphatic carbocycles. The number of nitrogens with zero attached hydrogens (tertiary/aromatic N) is 1. The number of H-pyrrole nitrogens is 1. The van der Waals surface area contributed by atoms with Gasteiger partial charge in [-0.1, -0.05) is 6.42 Å². The van der Waals surface area contributed by atoms with Crippen molar-refractivity contribution < 1.29 is 0 Å². The van der Waals surface area contributed by atoms with Crippen LogP contribution >= 0.6 is 0 Å². The van der Waals surface area contributed by atoms with Crippen LogP contribution in [0.15, 0.2) is 6.20 Å². The molecule has 14 heavy (non-hydrogen) atoms. The molecule has 0 aromatic carbocycles. The van der Waals surface area contributed by atoms with Crippen molar-refractivity contribution in [1.29, 1.82) is 0 Å². The zero-order valence-corrected chi connectivity index (χ0v) is 9.01. The Balaban J connectivity index is 1.79. The molecular weight excluding hydrogens is 174 g/mol. The van der Waals surface area contributed by atoms with Gasteiger partial charge in [-0.15, -0.1) is 0 Å². The molecule has 2 rings (SSSR count). The van der Waals surface area contributed by atoms with E-state index in [-0.39, 0.29) is 0 Å². The number of rotatable bonds is 4. The van der Waals surface area contributed by atoms with Crippen LogP contribution in [0.1, 0.15) is 37.4 Å². The third-order valence-electron chi connectivity index (χ3n) is 3.41. The number of aryl methyl sites for hydroxylation is 1. The van der Waals surface area contributed by atoms with Gasteiger partial charge in [0.25, 0.3) is 0 Å². The Morgan fingerprint density at radius 1 is 1.64 bits per heavy atom. The Labute approximate surface area is 85.3 Å². The summed E-state index contributed by atoms with van der Waals surface area (Å²) in [4.78, 5) is 0. The van der Waals surface area contributed by atoms with E-state index < -0.39 is 0 Å². The summed E-state index contributed by atoms with van der Waals surface area (Å²) in [5.74, 6) is 0.905. The van der Waals surface area contributed by atoms with Crippen molar-refractivity contribution in [2.75, 3.05) is 0 Å². The third kappa shape index (κ3) is 1.98. The van der Waals surface area contributed by atoms with E-state index in [2.05, 4.69) is 29.4 Å². The minimum atomic E-state index is 0.651. The fourth-order valence-electron chi connectivity index (χ4n) is 1.93. The van der Waals surface area contributed by atoms with E-state index in [9.17, 15) is 0 Å². The van der Waals surface area contributed by atoms with E-state index in [1.165, 1.54) is 30.5 Å². The van der Waals surface area contributed by atoms with E-state index >= 15 is 0 Å². The Bertz CT molecular complexity index is 288. The summed E-state index contributed by atoms with van der Waals surface area (Å²) < 4.78 is 0. The van der Waals surface area contributed by atoms with Crippen LogP contribution in [0.3, 0.4) is 0 Å². The predicted molar refractivity (Wildman–Crippen MR) is 57.0 cm³/mol. The average Bonchev–Trinajstić information content (AvgIpc) is 2.44. The molecule has 1 aromatic rings. The molecule has 2 N–H and O–H groups in total. The lowest BCUT2D eigenvalue weighted by atomic mass is 9.80. The molecule has 0 saturated heterocycles. The summed E-state index contributed by atoms with van der Waals surface area (Å²) in [6.45, 7) is 5.30. The van der Waals surface area contributed by atoms with Gasteiger partial charge in [-0.2, -0.15) is 5.10 Å². The van der Waals surface area contributed by atoms with Crippen molar-refractivity contribution in [2.45, 2.75) is 45.7 Å².